The van der Waals surface area contributed by atoms with Gasteiger partial charge in [0, 0.05) is 6.61 Å². The number of imide groups is 2. The van der Waals surface area contributed by atoms with Gasteiger partial charge in [-0.25, -0.2) is 9.69 Å². The summed E-state index contributed by atoms with van der Waals surface area (Å²) < 4.78 is 0. The van der Waals surface area contributed by atoms with E-state index in [-0.39, 0.29) is 13.3 Å². The Labute approximate surface area is 160 Å². The van der Waals surface area contributed by atoms with Crippen molar-refractivity contribution in [2.45, 2.75) is 44.9 Å². The molecule has 3 rings (SSSR count). The standard InChI is InChI=1S/C18H23N3O3.C2H6O/c1-2-18(14-9-5-3-6-10-14)15(22)19-17(24)21(16(18)23)13-20-11-7-4-8-12-20;1-2-3/h3,5-6,9-10H,2,4,7-8,11-13H2,1H3,(H,19,22,24);3H,2H2,1H3. The monoisotopic (exact) mass is 375 g/mol. The Morgan fingerprint density at radius 3 is 2.19 bits per heavy atom. The van der Waals surface area contributed by atoms with Crippen LogP contribution in [0.25, 0.3) is 0 Å². The van der Waals surface area contributed by atoms with Gasteiger partial charge >= 0.3 is 6.03 Å². The van der Waals surface area contributed by atoms with Gasteiger partial charge in [-0.3, -0.25) is 19.8 Å². The predicted molar refractivity (Wildman–Crippen MR) is 102 cm³/mol. The third-order valence-electron chi connectivity index (χ3n) is 5.05. The van der Waals surface area contributed by atoms with E-state index in [9.17, 15) is 14.4 Å². The van der Waals surface area contributed by atoms with Gasteiger partial charge in [0.05, 0.1) is 6.67 Å². The minimum absolute atomic E-state index is 0.243. The molecule has 7 heteroatoms. The Morgan fingerprint density at radius 1 is 1.04 bits per heavy atom. The summed E-state index contributed by atoms with van der Waals surface area (Å²) in [5, 5.41) is 9.96. The molecule has 2 N–H and O–H groups in total. The highest BCUT2D eigenvalue weighted by Crippen LogP contribution is 2.33. The Bertz CT molecular complexity index is 658. The fourth-order valence-corrected chi connectivity index (χ4v) is 3.61. The average Bonchev–Trinajstić information content (AvgIpc) is 2.68. The lowest BCUT2D eigenvalue weighted by atomic mass is 9.75. The minimum Gasteiger partial charge on any atom is -0.397 e. The molecule has 0 aliphatic carbocycles. The number of likely N-dealkylation sites (tertiary alicyclic amines) is 1. The van der Waals surface area contributed by atoms with Crippen LogP contribution in [0, 0.1) is 0 Å². The van der Waals surface area contributed by atoms with E-state index in [4.69, 9.17) is 5.11 Å². The van der Waals surface area contributed by atoms with Crippen molar-refractivity contribution < 1.29 is 19.5 Å². The van der Waals surface area contributed by atoms with Gasteiger partial charge in [-0.15, -0.1) is 0 Å². The number of urea groups is 1. The molecule has 2 fully saturated rings. The second-order valence-corrected chi connectivity index (χ2v) is 6.75. The summed E-state index contributed by atoms with van der Waals surface area (Å²) in [5.41, 5.74) is -0.698. The van der Waals surface area contributed by atoms with Crippen molar-refractivity contribution in [2.75, 3.05) is 26.4 Å². The van der Waals surface area contributed by atoms with E-state index in [1.54, 1.807) is 38.1 Å². The van der Waals surface area contributed by atoms with Gasteiger partial charge in [-0.2, -0.15) is 0 Å². The van der Waals surface area contributed by atoms with Gasteiger partial charge in [0.2, 0.25) is 5.91 Å². The third-order valence-corrected chi connectivity index (χ3v) is 5.05. The molecule has 2 saturated heterocycles. The van der Waals surface area contributed by atoms with Crippen molar-refractivity contribution in [3.8, 4) is 0 Å². The Hall–Kier alpha value is -2.25. The molecule has 7 nitrogen and oxygen atoms in total. The average molecular weight is 375 g/mol. The van der Waals surface area contributed by atoms with Gasteiger partial charge in [-0.1, -0.05) is 43.7 Å². The number of piperidine rings is 1. The largest absolute Gasteiger partial charge is 0.397 e. The SMILES string of the molecule is CCC1(c2ccccc2)C(=O)NC(=O)N(CN2CCCCC2)C1=O.CCO. The van der Waals surface area contributed by atoms with Gasteiger partial charge < -0.3 is 5.11 Å². The zero-order valence-electron chi connectivity index (χ0n) is 16.1. The lowest BCUT2D eigenvalue weighted by Crippen LogP contribution is -2.67. The van der Waals surface area contributed by atoms with Crippen LogP contribution in [0.15, 0.2) is 30.3 Å². The first-order valence-corrected chi connectivity index (χ1v) is 9.57. The maximum absolute atomic E-state index is 13.2. The first-order valence-electron chi connectivity index (χ1n) is 9.57. The number of aliphatic hydroxyl groups excluding tert-OH is 1. The van der Waals surface area contributed by atoms with Crippen molar-refractivity contribution >= 4 is 17.8 Å². The van der Waals surface area contributed by atoms with Crippen molar-refractivity contribution in [1.82, 2.24) is 15.1 Å². The molecule has 148 valence electrons. The fraction of sp³-hybridized carbons (Fsp3) is 0.550. The highest BCUT2D eigenvalue weighted by Gasteiger charge is 2.54. The van der Waals surface area contributed by atoms with Crippen molar-refractivity contribution in [2.24, 2.45) is 0 Å². The molecular weight excluding hydrogens is 346 g/mol. The zero-order valence-corrected chi connectivity index (χ0v) is 16.1. The molecule has 1 aromatic carbocycles. The number of nitrogens with zero attached hydrogens (tertiary/aromatic N) is 2. The first-order chi connectivity index (χ1) is 13.0. The Kier molecular flexibility index (Phi) is 7.50. The summed E-state index contributed by atoms with van der Waals surface area (Å²) in [6, 6.07) is 8.38. The van der Waals surface area contributed by atoms with E-state index < -0.39 is 23.3 Å². The van der Waals surface area contributed by atoms with Gasteiger partial charge in [0.15, 0.2) is 5.41 Å². The maximum atomic E-state index is 13.2. The second kappa shape index (κ2) is 9.62. The van der Waals surface area contributed by atoms with Crippen LogP contribution in [-0.4, -0.2) is 59.1 Å². The Balaban J connectivity index is 0.000000817. The second-order valence-electron chi connectivity index (χ2n) is 6.75. The first kappa shape index (κ1) is 21.1. The number of carbonyl (C=O) groups excluding carboxylic acids is 3. The van der Waals surface area contributed by atoms with Crippen LogP contribution < -0.4 is 5.32 Å². The molecule has 27 heavy (non-hydrogen) atoms. The number of amides is 4. The quantitative estimate of drug-likeness (QED) is 0.784. The molecule has 1 aromatic rings. The number of hydrogen-bond acceptors (Lipinski definition) is 5. The van der Waals surface area contributed by atoms with Gasteiger partial charge in [0.25, 0.3) is 5.91 Å². The smallest absolute Gasteiger partial charge is 0.331 e. The highest BCUT2D eigenvalue weighted by atomic mass is 16.2. The lowest BCUT2D eigenvalue weighted by molar-refractivity contribution is -0.147. The summed E-state index contributed by atoms with van der Waals surface area (Å²) >= 11 is 0. The fourth-order valence-electron chi connectivity index (χ4n) is 3.61. The molecule has 0 spiro atoms. The van der Waals surface area contributed by atoms with Crippen LogP contribution in [0.4, 0.5) is 4.79 Å². The number of benzene rings is 1. The van der Waals surface area contributed by atoms with Crippen LogP contribution in [0.2, 0.25) is 0 Å². The van der Waals surface area contributed by atoms with E-state index in [1.807, 2.05) is 6.07 Å². The van der Waals surface area contributed by atoms with E-state index in [0.29, 0.717) is 12.0 Å². The molecule has 1 atom stereocenters. The molecule has 0 bridgehead atoms. The van der Waals surface area contributed by atoms with E-state index in [0.717, 1.165) is 25.9 Å². The van der Waals surface area contributed by atoms with Crippen LogP contribution in [0.5, 0.6) is 0 Å². The highest BCUT2D eigenvalue weighted by molar-refractivity contribution is 6.22. The molecule has 0 saturated carbocycles. The third kappa shape index (κ3) is 4.36. The molecule has 0 radical (unpaired) electrons. The number of barbiturate groups is 1. The number of nitrogens with one attached hydrogen (secondary N) is 1. The molecular formula is C20H29N3O4. The van der Waals surface area contributed by atoms with Crippen LogP contribution in [0.3, 0.4) is 0 Å². The molecule has 0 aromatic heterocycles. The number of rotatable bonds is 4. The number of hydrogen-bond donors (Lipinski definition) is 2. The van der Waals surface area contributed by atoms with Crippen LogP contribution in [-0.2, 0) is 15.0 Å². The topological polar surface area (TPSA) is 90.0 Å². The van der Waals surface area contributed by atoms with Gasteiger partial charge in [-0.05, 0) is 44.8 Å². The lowest BCUT2D eigenvalue weighted by Gasteiger charge is -2.41. The summed E-state index contributed by atoms with van der Waals surface area (Å²) in [7, 11) is 0. The van der Waals surface area contributed by atoms with Crippen molar-refractivity contribution in [1.29, 1.82) is 0 Å². The zero-order chi connectivity index (χ0) is 19.9. The molecule has 1 unspecified atom stereocenters. The van der Waals surface area contributed by atoms with Crippen LogP contribution in [0.1, 0.15) is 45.1 Å². The molecule has 2 aliphatic rings. The van der Waals surface area contributed by atoms with Crippen LogP contribution >= 0.6 is 0 Å². The summed E-state index contributed by atoms with van der Waals surface area (Å²) in [6.45, 7) is 5.72. The summed E-state index contributed by atoms with van der Waals surface area (Å²) in [4.78, 5) is 41.4. The van der Waals surface area contributed by atoms with Crippen molar-refractivity contribution in [3.63, 3.8) is 0 Å². The molecule has 4 amide bonds. The van der Waals surface area contributed by atoms with Gasteiger partial charge in [0.1, 0.15) is 0 Å². The summed E-state index contributed by atoms with van der Waals surface area (Å²) in [5.74, 6) is -0.948. The van der Waals surface area contributed by atoms with Crippen molar-refractivity contribution in [3.05, 3.63) is 35.9 Å². The maximum Gasteiger partial charge on any atom is 0.331 e. The normalized spacial score (nSPS) is 23.5. The van der Waals surface area contributed by atoms with E-state index in [2.05, 4.69) is 10.2 Å². The Morgan fingerprint density at radius 2 is 1.63 bits per heavy atom. The van der Waals surface area contributed by atoms with E-state index in [1.165, 1.54) is 11.3 Å². The van der Waals surface area contributed by atoms with E-state index >= 15 is 0 Å². The molecule has 2 heterocycles. The predicted octanol–water partition coefficient (Wildman–Crippen LogP) is 1.85. The molecule has 2 aliphatic heterocycles. The number of aliphatic hydroxyl groups is 1. The summed E-state index contributed by atoms with van der Waals surface area (Å²) in [6.07, 6.45) is 3.63. The minimum atomic E-state index is -1.33. The number of carbonyl (C=O) groups is 3.